The van der Waals surface area contributed by atoms with Gasteiger partial charge >= 0.3 is 0 Å². The van der Waals surface area contributed by atoms with E-state index in [-0.39, 0.29) is 5.78 Å². The molecule has 0 radical (unpaired) electrons. The number of aryl methyl sites for hydroxylation is 2. The Hall–Kier alpha value is -1.89. The van der Waals surface area contributed by atoms with E-state index in [0.717, 1.165) is 22.3 Å². The van der Waals surface area contributed by atoms with Gasteiger partial charge < -0.3 is 0 Å². The van der Waals surface area contributed by atoms with E-state index >= 15 is 0 Å². The van der Waals surface area contributed by atoms with Crippen molar-refractivity contribution < 1.29 is 4.79 Å². The molecule has 0 fully saturated rings. The minimum atomic E-state index is 0.119. The summed E-state index contributed by atoms with van der Waals surface area (Å²) >= 11 is 0. The van der Waals surface area contributed by atoms with Crippen LogP contribution in [0, 0.1) is 27.7 Å². The topological polar surface area (TPSA) is 17.1 Å². The van der Waals surface area contributed by atoms with Crippen molar-refractivity contribution in [3.05, 3.63) is 69.8 Å². The smallest absolute Gasteiger partial charge is 0.193 e. The van der Waals surface area contributed by atoms with Crippen LogP contribution in [-0.2, 0) is 0 Å². The van der Waals surface area contributed by atoms with Gasteiger partial charge in [-0.3, -0.25) is 4.79 Å². The Kier molecular flexibility index (Phi) is 3.33. The summed E-state index contributed by atoms with van der Waals surface area (Å²) in [5.41, 5.74) is 6.16. The maximum atomic E-state index is 12.6. The van der Waals surface area contributed by atoms with Crippen LogP contribution in [0.25, 0.3) is 0 Å². The standard InChI is InChI=1S/C17H18O/c1-11-9-10-16(14(4)13(11)3)17(18)15-8-6-5-7-12(15)2/h5-10H,1-4H3. The van der Waals surface area contributed by atoms with Crippen molar-refractivity contribution in [2.75, 3.05) is 0 Å². The molecule has 0 aliphatic rings. The molecule has 0 saturated heterocycles. The molecule has 2 aromatic rings. The average Bonchev–Trinajstić information content (AvgIpc) is 2.36. The number of carbonyl (C=O) groups is 1. The lowest BCUT2D eigenvalue weighted by molar-refractivity contribution is 0.103. The molecule has 0 heterocycles. The fourth-order valence-electron chi connectivity index (χ4n) is 2.17. The fourth-order valence-corrected chi connectivity index (χ4v) is 2.17. The first-order valence-electron chi connectivity index (χ1n) is 6.19. The van der Waals surface area contributed by atoms with E-state index in [0.29, 0.717) is 0 Å². The van der Waals surface area contributed by atoms with Gasteiger partial charge in [-0.1, -0.05) is 36.4 Å². The van der Waals surface area contributed by atoms with Gasteiger partial charge in [0.05, 0.1) is 0 Å². The molecular formula is C17H18O. The number of ketones is 1. The van der Waals surface area contributed by atoms with E-state index in [4.69, 9.17) is 0 Å². The van der Waals surface area contributed by atoms with Gasteiger partial charge in [-0.25, -0.2) is 0 Å². The Morgan fingerprint density at radius 1 is 0.722 bits per heavy atom. The first-order chi connectivity index (χ1) is 8.52. The molecule has 1 nitrogen and oxygen atoms in total. The highest BCUT2D eigenvalue weighted by molar-refractivity contribution is 6.10. The van der Waals surface area contributed by atoms with Crippen LogP contribution in [0.5, 0.6) is 0 Å². The van der Waals surface area contributed by atoms with Crippen molar-refractivity contribution in [3.8, 4) is 0 Å². The Morgan fingerprint density at radius 2 is 1.39 bits per heavy atom. The third-order valence-electron chi connectivity index (χ3n) is 3.69. The number of hydrogen-bond acceptors (Lipinski definition) is 1. The highest BCUT2D eigenvalue weighted by Crippen LogP contribution is 2.21. The number of rotatable bonds is 2. The van der Waals surface area contributed by atoms with Crippen LogP contribution in [-0.4, -0.2) is 5.78 Å². The molecule has 18 heavy (non-hydrogen) atoms. The van der Waals surface area contributed by atoms with Crippen LogP contribution in [0.2, 0.25) is 0 Å². The Labute approximate surface area is 108 Å². The normalized spacial score (nSPS) is 10.4. The van der Waals surface area contributed by atoms with Crippen LogP contribution in [0.1, 0.15) is 38.2 Å². The van der Waals surface area contributed by atoms with Crippen molar-refractivity contribution in [1.82, 2.24) is 0 Å². The summed E-state index contributed by atoms with van der Waals surface area (Å²) in [6.07, 6.45) is 0. The molecular weight excluding hydrogens is 220 g/mol. The molecule has 2 aromatic carbocycles. The Bertz CT molecular complexity index is 609. The first-order valence-corrected chi connectivity index (χ1v) is 6.19. The molecule has 0 aromatic heterocycles. The predicted octanol–water partition coefficient (Wildman–Crippen LogP) is 4.15. The molecule has 0 spiro atoms. The van der Waals surface area contributed by atoms with Gasteiger partial charge in [0.2, 0.25) is 0 Å². The summed E-state index contributed by atoms with van der Waals surface area (Å²) in [5.74, 6) is 0.119. The van der Waals surface area contributed by atoms with Crippen molar-refractivity contribution in [2.45, 2.75) is 27.7 Å². The molecule has 0 aliphatic heterocycles. The molecule has 0 atom stereocenters. The largest absolute Gasteiger partial charge is 0.289 e. The van der Waals surface area contributed by atoms with E-state index in [1.165, 1.54) is 11.1 Å². The molecule has 0 amide bonds. The highest BCUT2D eigenvalue weighted by Gasteiger charge is 2.15. The minimum Gasteiger partial charge on any atom is -0.289 e. The second-order valence-electron chi connectivity index (χ2n) is 4.82. The van der Waals surface area contributed by atoms with E-state index in [9.17, 15) is 4.79 Å². The van der Waals surface area contributed by atoms with Crippen LogP contribution >= 0.6 is 0 Å². The van der Waals surface area contributed by atoms with Crippen LogP contribution in [0.15, 0.2) is 36.4 Å². The third-order valence-corrected chi connectivity index (χ3v) is 3.69. The average molecular weight is 238 g/mol. The van der Waals surface area contributed by atoms with Crippen LogP contribution in [0.4, 0.5) is 0 Å². The molecule has 1 heteroatoms. The predicted molar refractivity (Wildman–Crippen MR) is 75.3 cm³/mol. The summed E-state index contributed by atoms with van der Waals surface area (Å²) in [7, 11) is 0. The lowest BCUT2D eigenvalue weighted by Crippen LogP contribution is -2.07. The first kappa shape index (κ1) is 12.6. The van der Waals surface area contributed by atoms with Gasteiger partial charge in [0.25, 0.3) is 0 Å². The van der Waals surface area contributed by atoms with Crippen molar-refractivity contribution in [3.63, 3.8) is 0 Å². The van der Waals surface area contributed by atoms with Crippen molar-refractivity contribution in [2.24, 2.45) is 0 Å². The van der Waals surface area contributed by atoms with Gasteiger partial charge in [0.1, 0.15) is 0 Å². The van der Waals surface area contributed by atoms with Crippen LogP contribution in [0.3, 0.4) is 0 Å². The zero-order chi connectivity index (χ0) is 13.3. The molecule has 0 N–H and O–H groups in total. The summed E-state index contributed by atoms with van der Waals surface area (Å²) in [5, 5.41) is 0. The summed E-state index contributed by atoms with van der Waals surface area (Å²) < 4.78 is 0. The van der Waals surface area contributed by atoms with E-state index < -0.39 is 0 Å². The number of carbonyl (C=O) groups excluding carboxylic acids is 1. The van der Waals surface area contributed by atoms with Gasteiger partial charge in [-0.2, -0.15) is 0 Å². The summed E-state index contributed by atoms with van der Waals surface area (Å²) in [6, 6.07) is 11.7. The molecule has 0 aliphatic carbocycles. The summed E-state index contributed by atoms with van der Waals surface area (Å²) in [4.78, 5) is 12.6. The number of benzene rings is 2. The maximum absolute atomic E-state index is 12.6. The van der Waals surface area contributed by atoms with Crippen molar-refractivity contribution in [1.29, 1.82) is 0 Å². The highest BCUT2D eigenvalue weighted by atomic mass is 16.1. The lowest BCUT2D eigenvalue weighted by atomic mass is 9.92. The molecule has 2 rings (SSSR count). The number of hydrogen-bond donors (Lipinski definition) is 0. The van der Waals surface area contributed by atoms with Crippen molar-refractivity contribution >= 4 is 5.78 Å². The van der Waals surface area contributed by atoms with Gasteiger partial charge in [-0.05, 0) is 49.9 Å². The zero-order valence-electron chi connectivity index (χ0n) is 11.4. The molecule has 0 bridgehead atoms. The second kappa shape index (κ2) is 4.77. The van der Waals surface area contributed by atoms with Crippen LogP contribution < -0.4 is 0 Å². The Balaban J connectivity index is 2.54. The van der Waals surface area contributed by atoms with Gasteiger partial charge in [0.15, 0.2) is 5.78 Å². The quantitative estimate of drug-likeness (QED) is 0.718. The monoisotopic (exact) mass is 238 g/mol. The fraction of sp³-hybridized carbons (Fsp3) is 0.235. The SMILES string of the molecule is Cc1ccccc1C(=O)c1ccc(C)c(C)c1C. The zero-order valence-corrected chi connectivity index (χ0v) is 11.4. The molecule has 0 unspecified atom stereocenters. The van der Waals surface area contributed by atoms with Gasteiger partial charge in [-0.15, -0.1) is 0 Å². The maximum Gasteiger partial charge on any atom is 0.193 e. The molecule has 92 valence electrons. The minimum absolute atomic E-state index is 0.119. The Morgan fingerprint density at radius 3 is 2.06 bits per heavy atom. The second-order valence-corrected chi connectivity index (χ2v) is 4.82. The van der Waals surface area contributed by atoms with E-state index in [2.05, 4.69) is 13.8 Å². The lowest BCUT2D eigenvalue weighted by Gasteiger charge is -2.11. The third kappa shape index (κ3) is 2.08. The molecule has 0 saturated carbocycles. The van der Waals surface area contributed by atoms with Gasteiger partial charge in [0, 0.05) is 11.1 Å². The van der Waals surface area contributed by atoms with E-state index in [1.54, 1.807) is 0 Å². The summed E-state index contributed by atoms with van der Waals surface area (Å²) in [6.45, 7) is 8.14. The van der Waals surface area contributed by atoms with E-state index in [1.807, 2.05) is 50.2 Å².